The number of aromatic nitrogens is 15. The first-order valence-corrected chi connectivity index (χ1v) is 41.7. The molecule has 634 valence electrons. The molecule has 4 aliphatic rings. The van der Waals surface area contributed by atoms with Gasteiger partial charge in [0.25, 0.3) is 23.6 Å². The number of carbonyl (C=O) groups excluding carboxylic acids is 4. The number of fused-ring (bicyclic) bond motifs is 20. The summed E-state index contributed by atoms with van der Waals surface area (Å²) in [6.07, 6.45) is 6.74. The zero-order chi connectivity index (χ0) is 85.4. The SMILES string of the molecule is CNC(=O)c1c(N(C)C)c2cc(N3CCCN(C)CC3)nnc2n2c1nc1ccccc12.CNC(=O)c1c(N)c2cc(N3CCCN(C)CC3)nnc2n2c1nc1ccccc12.CNC(=O)c1c(NC2COC2)c2cc(N3CCCN(C)CC3)nnc2n2c1nc1ccccc12.CNc1c(C(=O)NCCN(C)C)c2nc3ccccc3n2c2ccncc12. The van der Waals surface area contributed by atoms with Crippen molar-refractivity contribution in [3.8, 4) is 0 Å². The number of amides is 4. The number of hydrogen-bond acceptors (Lipinski definition) is 27. The van der Waals surface area contributed by atoms with E-state index in [1.165, 1.54) is 0 Å². The number of para-hydroxylation sites is 8. The summed E-state index contributed by atoms with van der Waals surface area (Å²) in [6, 6.07) is 39.5. The summed E-state index contributed by atoms with van der Waals surface area (Å²) in [5.74, 6) is 1.64. The van der Waals surface area contributed by atoms with Gasteiger partial charge in [-0.05, 0) is 147 Å². The third-order valence-corrected chi connectivity index (χ3v) is 23.4. The Morgan fingerprint density at radius 1 is 0.431 bits per heavy atom. The van der Waals surface area contributed by atoms with E-state index in [2.05, 4.69) is 130 Å². The molecule has 12 aromatic heterocycles. The first-order chi connectivity index (χ1) is 59.8. The van der Waals surface area contributed by atoms with Gasteiger partial charge in [0, 0.05) is 148 Å². The molecule has 4 aliphatic heterocycles. The number of anilines is 7. The lowest BCUT2D eigenvalue weighted by Crippen LogP contribution is -2.41. The molecule has 16 heterocycles. The Labute approximate surface area is 708 Å². The highest BCUT2D eigenvalue weighted by atomic mass is 16.5. The van der Waals surface area contributed by atoms with Crippen LogP contribution in [0.25, 0.3) is 111 Å². The largest absolute Gasteiger partial charge is 0.397 e. The van der Waals surface area contributed by atoms with Crippen molar-refractivity contribution in [1.82, 2.24) is 114 Å². The van der Waals surface area contributed by atoms with Crippen LogP contribution in [0, 0.1) is 0 Å². The third kappa shape index (κ3) is 15.5. The number of carbonyl (C=O) groups is 4. The molecule has 35 nitrogen and oxygen atoms in total. The van der Waals surface area contributed by atoms with Crippen molar-refractivity contribution in [3.05, 3.63) is 156 Å². The van der Waals surface area contributed by atoms with E-state index in [9.17, 15) is 19.2 Å². The molecule has 123 heavy (non-hydrogen) atoms. The van der Waals surface area contributed by atoms with Crippen LogP contribution >= 0.6 is 0 Å². The van der Waals surface area contributed by atoms with Crippen LogP contribution in [0.1, 0.15) is 60.7 Å². The molecular formula is C88H102N30O5. The zero-order valence-corrected chi connectivity index (χ0v) is 71.1. The topological polar surface area (TPSA) is 361 Å². The second-order valence-corrected chi connectivity index (χ2v) is 32.0. The van der Waals surface area contributed by atoms with Gasteiger partial charge in [0.2, 0.25) is 0 Å². The number of ether oxygens (including phenoxy) is 1. The number of benzene rings is 4. The van der Waals surface area contributed by atoms with Gasteiger partial charge in [0.15, 0.2) is 57.0 Å². The van der Waals surface area contributed by atoms with Gasteiger partial charge in [0.05, 0.1) is 91.7 Å². The number of nitrogens with one attached hydrogen (secondary N) is 6. The quantitative estimate of drug-likeness (QED) is 0.0550. The molecule has 4 aromatic carbocycles. The molecule has 0 unspecified atom stereocenters. The molecule has 8 N–H and O–H groups in total. The van der Waals surface area contributed by atoms with Gasteiger partial charge in [-0.3, -0.25) is 41.8 Å². The molecule has 0 aliphatic carbocycles. The van der Waals surface area contributed by atoms with Gasteiger partial charge in [-0.15, -0.1) is 30.6 Å². The van der Waals surface area contributed by atoms with Crippen molar-refractivity contribution in [3.63, 3.8) is 0 Å². The minimum atomic E-state index is -0.274. The van der Waals surface area contributed by atoms with Crippen molar-refractivity contribution < 1.29 is 23.9 Å². The van der Waals surface area contributed by atoms with Gasteiger partial charge >= 0.3 is 0 Å². The fraction of sp³-hybridized carbons (Fsp3) is 0.352. The molecule has 4 saturated heterocycles. The summed E-state index contributed by atoms with van der Waals surface area (Å²) in [5, 5.41) is 49.1. The Kier molecular flexibility index (Phi) is 23.2. The molecule has 35 heteroatoms. The van der Waals surface area contributed by atoms with E-state index in [0.29, 0.717) is 92.6 Å². The second kappa shape index (κ2) is 34.9. The van der Waals surface area contributed by atoms with Crippen LogP contribution in [0.5, 0.6) is 0 Å². The maximum Gasteiger partial charge on any atom is 0.257 e. The van der Waals surface area contributed by atoms with Crippen LogP contribution in [0.3, 0.4) is 0 Å². The lowest BCUT2D eigenvalue weighted by atomic mass is 10.1. The maximum absolute atomic E-state index is 13.2. The predicted octanol–water partition coefficient (Wildman–Crippen LogP) is 7.62. The number of nitrogens with two attached hydrogens (primary N) is 1. The molecule has 16 aromatic rings. The highest BCUT2D eigenvalue weighted by molar-refractivity contribution is 6.17. The van der Waals surface area contributed by atoms with Crippen LogP contribution in [-0.4, -0.2) is 305 Å². The van der Waals surface area contributed by atoms with Gasteiger partial charge in [-0.2, -0.15) is 0 Å². The van der Waals surface area contributed by atoms with Crippen LogP contribution in [-0.2, 0) is 4.74 Å². The molecule has 0 saturated carbocycles. The highest BCUT2D eigenvalue weighted by Crippen LogP contribution is 2.40. The third-order valence-electron chi connectivity index (χ3n) is 23.4. The number of hydrogen-bond donors (Lipinski definition) is 7. The van der Waals surface area contributed by atoms with Crippen LogP contribution in [0.4, 0.5) is 40.2 Å². The molecule has 0 atom stereocenters. The average Bonchev–Trinajstić information content (AvgIpc) is 1.64. The summed E-state index contributed by atoms with van der Waals surface area (Å²) in [5.41, 5.74) is 23.2. The minimum Gasteiger partial charge on any atom is -0.397 e. The van der Waals surface area contributed by atoms with Crippen LogP contribution in [0.15, 0.2) is 134 Å². The average molecular weight is 1660 g/mol. The number of likely N-dealkylation sites (N-methyl/N-ethyl adjacent to an activating group) is 4. The number of nitrogens with zero attached hydrogens (tertiary/aromatic N) is 23. The van der Waals surface area contributed by atoms with E-state index < -0.39 is 0 Å². The van der Waals surface area contributed by atoms with Crippen molar-refractivity contribution in [2.45, 2.75) is 25.3 Å². The van der Waals surface area contributed by atoms with Crippen molar-refractivity contribution in [2.75, 3.05) is 218 Å². The van der Waals surface area contributed by atoms with E-state index in [4.69, 9.17) is 30.5 Å². The van der Waals surface area contributed by atoms with E-state index in [-0.39, 0.29) is 29.7 Å². The Morgan fingerprint density at radius 2 is 0.837 bits per heavy atom. The number of rotatable bonds is 14. The molecule has 0 spiro atoms. The van der Waals surface area contributed by atoms with E-state index >= 15 is 0 Å². The Balaban J connectivity index is 0.000000117. The molecule has 20 rings (SSSR count). The van der Waals surface area contributed by atoms with E-state index in [0.717, 1.165) is 205 Å². The summed E-state index contributed by atoms with van der Waals surface area (Å²) in [7, 11) is 21.0. The molecular weight excluding hydrogens is 1560 g/mol. The molecule has 0 radical (unpaired) electrons. The molecule has 0 bridgehead atoms. The Bertz CT molecular complexity index is 6760. The summed E-state index contributed by atoms with van der Waals surface area (Å²) < 4.78 is 13.2. The fourth-order valence-corrected chi connectivity index (χ4v) is 17.0. The lowest BCUT2D eigenvalue weighted by molar-refractivity contribution is 0.0211. The van der Waals surface area contributed by atoms with Crippen molar-refractivity contribution >= 4 is 175 Å². The fourth-order valence-electron chi connectivity index (χ4n) is 17.0. The van der Waals surface area contributed by atoms with Crippen molar-refractivity contribution in [1.29, 1.82) is 0 Å². The standard InChI is InChI=1S/C24H28N8O2.C23H28N8O.C21H24N8O.C20H22N6O/c1-25-24(33)20-21(26-15-13-34-14-15)16-12-19(31-9-5-8-30(2)10-11-31)28-29-22(16)32-18-7-4-3-6-17(18)27-23(20)32;1-24-23(32)19-20(28(2)3)15-14-18(30-11-7-10-29(4)12-13-30)26-27-21(15)31-17-9-6-5-8-16(17)25-22(19)31;1-23-21(30)17-18(22)13-12-16(28-9-5-8-27(2)10-11-28)25-26-19(13)29-15-7-4-3-6-14(15)24-20(17)29;1-21-18-13-12-22-9-8-15(13)26-16-7-5-4-6-14(16)24-19(26)17(18)20(27)23-10-11-25(2)3/h3-4,6-7,12,15,26H,5,8-11,13-14H2,1-2H3,(H,25,33);5-6,8-9,14H,7,10-13H2,1-4H3,(H,24,32);3-4,6-7,12H,5,8-11,22H2,1-2H3,(H,23,30);4-9,12,21H,10-11H2,1-3H3,(H,23,27). The monoisotopic (exact) mass is 1660 g/mol. The number of nitrogen functional groups attached to an aromatic ring is 1. The Morgan fingerprint density at radius 3 is 1.29 bits per heavy atom. The second-order valence-electron chi connectivity index (χ2n) is 32.0. The van der Waals surface area contributed by atoms with E-state index in [1.807, 2.05) is 172 Å². The predicted molar refractivity (Wildman–Crippen MR) is 486 cm³/mol. The number of imidazole rings is 4. The first-order valence-electron chi connectivity index (χ1n) is 41.7. The first kappa shape index (κ1) is 81.7. The van der Waals surface area contributed by atoms with Gasteiger partial charge < -0.3 is 81.6 Å². The summed E-state index contributed by atoms with van der Waals surface area (Å²) in [4.78, 5) is 93.3. The van der Waals surface area contributed by atoms with Crippen LogP contribution < -0.4 is 57.2 Å². The van der Waals surface area contributed by atoms with Crippen LogP contribution in [0.2, 0.25) is 0 Å². The number of pyridine rings is 5. The minimum absolute atomic E-state index is 0.127. The normalized spacial score (nSPS) is 15.3. The lowest BCUT2D eigenvalue weighted by Gasteiger charge is -2.29. The smallest absolute Gasteiger partial charge is 0.257 e. The van der Waals surface area contributed by atoms with Crippen molar-refractivity contribution in [2.24, 2.45) is 0 Å². The van der Waals surface area contributed by atoms with Gasteiger partial charge in [0.1, 0.15) is 22.3 Å². The van der Waals surface area contributed by atoms with Gasteiger partial charge in [-0.25, -0.2) is 19.9 Å². The zero-order valence-electron chi connectivity index (χ0n) is 71.1. The summed E-state index contributed by atoms with van der Waals surface area (Å²) >= 11 is 0. The van der Waals surface area contributed by atoms with E-state index in [1.54, 1.807) is 33.5 Å². The summed E-state index contributed by atoms with van der Waals surface area (Å²) in [6.45, 7) is 14.0. The Hall–Kier alpha value is -13.6. The molecule has 4 fully saturated rings. The highest BCUT2D eigenvalue weighted by Gasteiger charge is 2.33. The van der Waals surface area contributed by atoms with Gasteiger partial charge in [-0.1, -0.05) is 48.5 Å². The maximum atomic E-state index is 13.2. The molecule has 4 amide bonds.